The molecule has 0 aromatic rings. The molecule has 3 aliphatic rings. The van der Waals surface area contributed by atoms with Crippen LogP contribution in [0, 0.1) is 29.1 Å². The van der Waals surface area contributed by atoms with Crippen LogP contribution in [0.3, 0.4) is 0 Å². The molecule has 2 aliphatic carbocycles. The van der Waals surface area contributed by atoms with Gasteiger partial charge in [-0.05, 0) is 62.9 Å². The number of rotatable bonds is 6. The minimum atomic E-state index is -0.601. The lowest BCUT2D eigenvalue weighted by Crippen LogP contribution is -2.43. The van der Waals surface area contributed by atoms with Crippen molar-refractivity contribution in [1.82, 2.24) is 0 Å². The van der Waals surface area contributed by atoms with Crippen molar-refractivity contribution in [3.05, 3.63) is 23.8 Å². The van der Waals surface area contributed by atoms with E-state index in [1.54, 1.807) is 0 Å². The molecule has 1 heterocycles. The first-order valence-electron chi connectivity index (χ1n) is 11.6. The smallest absolute Gasteiger partial charge is 0.311 e. The van der Waals surface area contributed by atoms with E-state index in [-0.39, 0.29) is 36.5 Å². The summed E-state index contributed by atoms with van der Waals surface area (Å²) < 4.78 is 11.6. The lowest BCUT2D eigenvalue weighted by molar-refractivity contribution is -0.166. The Morgan fingerprint density at radius 3 is 2.67 bits per heavy atom. The summed E-state index contributed by atoms with van der Waals surface area (Å²) in [4.78, 5) is 24.6. The van der Waals surface area contributed by atoms with Crippen LogP contribution >= 0.6 is 0 Å². The summed E-state index contributed by atoms with van der Waals surface area (Å²) in [7, 11) is 0. The molecule has 0 radical (unpaired) electrons. The predicted molar refractivity (Wildman–Crippen MR) is 115 cm³/mol. The van der Waals surface area contributed by atoms with Gasteiger partial charge in [0.15, 0.2) is 0 Å². The summed E-state index contributed by atoms with van der Waals surface area (Å²) in [5.41, 5.74) is 0.785. The van der Waals surface area contributed by atoms with Gasteiger partial charge in [-0.3, -0.25) is 9.59 Å². The highest BCUT2D eigenvalue weighted by Crippen LogP contribution is 2.45. The number of allylic oxidation sites excluding steroid dienone is 3. The number of carbonyl (C=O) groups excluding carboxylic acids is 2. The van der Waals surface area contributed by atoms with Crippen molar-refractivity contribution >= 4 is 11.9 Å². The van der Waals surface area contributed by atoms with Crippen LogP contribution in [-0.2, 0) is 19.1 Å². The van der Waals surface area contributed by atoms with Crippen molar-refractivity contribution in [1.29, 1.82) is 0 Å². The number of esters is 2. The number of aliphatic hydroxyl groups is 1. The Labute approximate surface area is 180 Å². The maximum Gasteiger partial charge on any atom is 0.311 e. The summed E-state index contributed by atoms with van der Waals surface area (Å²) in [6.45, 7) is 10.3. The van der Waals surface area contributed by atoms with E-state index >= 15 is 0 Å². The van der Waals surface area contributed by atoms with E-state index in [1.165, 1.54) is 5.57 Å². The zero-order valence-corrected chi connectivity index (χ0v) is 19.1. The molecule has 5 heteroatoms. The Kier molecular flexibility index (Phi) is 7.11. The van der Waals surface area contributed by atoms with Crippen molar-refractivity contribution in [2.75, 3.05) is 0 Å². The summed E-state index contributed by atoms with van der Waals surface area (Å²) in [5, 5.41) is 9.92. The highest BCUT2D eigenvalue weighted by molar-refractivity contribution is 5.76. The number of aliphatic hydroxyl groups excluding tert-OH is 1. The normalized spacial score (nSPS) is 36.5. The number of fused-ring (bicyclic) bond motifs is 1. The first-order chi connectivity index (χ1) is 14.1. The molecule has 0 bridgehead atoms. The molecule has 0 aromatic carbocycles. The van der Waals surface area contributed by atoms with Crippen LogP contribution in [-0.4, -0.2) is 35.4 Å². The number of carbonyl (C=O) groups is 2. The standard InChI is InChI=1S/C25H38O5/c1-6-25(4,5)24(28)30-21-12-15(2)11-17-8-7-16(3)20(23(17)21)10-9-19-13-18(26)14-22(27)29-19/h7-8,11,15-16,18-21,23,26H,6,9-10,12-14H2,1-5H3/t15-,16-,18-,19-,20-,21-,23-/m0/s1. The Morgan fingerprint density at radius 2 is 2.00 bits per heavy atom. The fraction of sp³-hybridized carbons (Fsp3) is 0.760. The number of hydrogen-bond donors (Lipinski definition) is 1. The summed E-state index contributed by atoms with van der Waals surface area (Å²) in [6.07, 6.45) is 9.61. The van der Waals surface area contributed by atoms with E-state index < -0.39 is 11.5 Å². The van der Waals surface area contributed by atoms with E-state index in [2.05, 4.69) is 32.1 Å². The maximum absolute atomic E-state index is 12.9. The molecule has 30 heavy (non-hydrogen) atoms. The molecule has 0 spiro atoms. The molecule has 1 fully saturated rings. The topological polar surface area (TPSA) is 72.8 Å². The summed E-state index contributed by atoms with van der Waals surface area (Å²) in [6, 6.07) is 0. The first kappa shape index (κ1) is 23.1. The minimum Gasteiger partial charge on any atom is -0.462 e. The van der Waals surface area contributed by atoms with Crippen LogP contribution < -0.4 is 0 Å². The third-order valence-corrected chi connectivity index (χ3v) is 7.35. The molecular formula is C25H38O5. The van der Waals surface area contributed by atoms with Crippen molar-refractivity contribution < 1.29 is 24.2 Å². The lowest BCUT2D eigenvalue weighted by atomic mass is 9.65. The van der Waals surface area contributed by atoms with Crippen molar-refractivity contribution in [3.8, 4) is 0 Å². The molecule has 0 unspecified atom stereocenters. The van der Waals surface area contributed by atoms with Crippen molar-refractivity contribution in [2.24, 2.45) is 29.1 Å². The van der Waals surface area contributed by atoms with Gasteiger partial charge in [-0.1, -0.05) is 39.0 Å². The number of ether oxygens (including phenoxy) is 2. The minimum absolute atomic E-state index is 0.0949. The Bertz CT molecular complexity index is 706. The van der Waals surface area contributed by atoms with Crippen LogP contribution in [0.15, 0.2) is 23.8 Å². The molecule has 1 N–H and O–H groups in total. The molecule has 3 rings (SSSR count). The Hall–Kier alpha value is -1.62. The Morgan fingerprint density at radius 1 is 1.27 bits per heavy atom. The van der Waals surface area contributed by atoms with E-state index in [0.29, 0.717) is 24.2 Å². The van der Waals surface area contributed by atoms with Gasteiger partial charge in [0.2, 0.25) is 0 Å². The van der Waals surface area contributed by atoms with Gasteiger partial charge in [-0.25, -0.2) is 0 Å². The van der Waals surface area contributed by atoms with Crippen LogP contribution in [0.2, 0.25) is 0 Å². The summed E-state index contributed by atoms with van der Waals surface area (Å²) >= 11 is 0. The molecule has 1 saturated heterocycles. The average Bonchev–Trinajstić information content (AvgIpc) is 2.66. The molecule has 0 amide bonds. The SMILES string of the molecule is CCC(C)(C)C(=O)O[C@H]1C[C@@H](C)C=C2C=C[C@H](C)[C@H](CC[C@H]3C[C@H](O)CC(=O)O3)[C@H]21. The quantitative estimate of drug-likeness (QED) is 0.639. The second kappa shape index (κ2) is 9.25. The fourth-order valence-corrected chi connectivity index (χ4v) is 5.08. The number of hydrogen-bond acceptors (Lipinski definition) is 5. The zero-order chi connectivity index (χ0) is 22.1. The van der Waals surface area contributed by atoms with Crippen LogP contribution in [0.1, 0.15) is 73.1 Å². The van der Waals surface area contributed by atoms with E-state index in [1.807, 2.05) is 20.8 Å². The highest BCUT2D eigenvalue weighted by Gasteiger charge is 2.43. The van der Waals surface area contributed by atoms with Crippen molar-refractivity contribution in [2.45, 2.75) is 91.5 Å². The van der Waals surface area contributed by atoms with Gasteiger partial charge in [0.1, 0.15) is 12.2 Å². The third-order valence-electron chi connectivity index (χ3n) is 7.35. The van der Waals surface area contributed by atoms with E-state index in [4.69, 9.17) is 9.47 Å². The van der Waals surface area contributed by atoms with Gasteiger partial charge in [0, 0.05) is 12.3 Å². The Balaban J connectivity index is 1.76. The van der Waals surface area contributed by atoms with Gasteiger partial charge in [-0.15, -0.1) is 0 Å². The monoisotopic (exact) mass is 418 g/mol. The molecule has 1 aliphatic heterocycles. The fourth-order valence-electron chi connectivity index (χ4n) is 5.08. The van der Waals surface area contributed by atoms with Gasteiger partial charge in [0.25, 0.3) is 0 Å². The third kappa shape index (κ3) is 5.16. The van der Waals surface area contributed by atoms with Gasteiger partial charge >= 0.3 is 11.9 Å². The highest BCUT2D eigenvalue weighted by atomic mass is 16.6. The van der Waals surface area contributed by atoms with Crippen LogP contribution in [0.4, 0.5) is 0 Å². The maximum atomic E-state index is 12.9. The van der Waals surface area contributed by atoms with E-state index in [0.717, 1.165) is 25.7 Å². The molecule has 168 valence electrons. The van der Waals surface area contributed by atoms with Crippen molar-refractivity contribution in [3.63, 3.8) is 0 Å². The lowest BCUT2D eigenvalue weighted by Gasteiger charge is -2.44. The van der Waals surface area contributed by atoms with Gasteiger partial charge in [0.05, 0.1) is 17.9 Å². The van der Waals surface area contributed by atoms with Crippen LogP contribution in [0.5, 0.6) is 0 Å². The largest absolute Gasteiger partial charge is 0.462 e. The predicted octanol–water partition coefficient (Wildman–Crippen LogP) is 4.59. The molecule has 0 aromatic heterocycles. The van der Waals surface area contributed by atoms with Gasteiger partial charge in [-0.2, -0.15) is 0 Å². The number of cyclic esters (lactones) is 1. The first-order valence-corrected chi connectivity index (χ1v) is 11.6. The zero-order valence-electron chi connectivity index (χ0n) is 19.1. The van der Waals surface area contributed by atoms with Gasteiger partial charge < -0.3 is 14.6 Å². The average molecular weight is 419 g/mol. The molecule has 5 nitrogen and oxygen atoms in total. The molecule has 7 atom stereocenters. The van der Waals surface area contributed by atoms with E-state index in [9.17, 15) is 14.7 Å². The summed E-state index contributed by atoms with van der Waals surface area (Å²) in [5.74, 6) is 0.776. The second-order valence-electron chi connectivity index (χ2n) is 10.3. The second-order valence-corrected chi connectivity index (χ2v) is 10.3. The molecular weight excluding hydrogens is 380 g/mol. The molecule has 0 saturated carbocycles. The van der Waals surface area contributed by atoms with Crippen LogP contribution in [0.25, 0.3) is 0 Å².